The van der Waals surface area contributed by atoms with Gasteiger partial charge in [0, 0.05) is 24.9 Å². The van der Waals surface area contributed by atoms with Gasteiger partial charge in [0.2, 0.25) is 0 Å². The largest absolute Gasteiger partial charge is 0.494 e. The van der Waals surface area contributed by atoms with Crippen LogP contribution in [0.1, 0.15) is 6.92 Å². The smallest absolute Gasteiger partial charge is 0.120 e. The molecular formula is C23H23N5O. The van der Waals surface area contributed by atoms with E-state index in [2.05, 4.69) is 10.2 Å². The third-order valence-electron chi connectivity index (χ3n) is 4.72. The van der Waals surface area contributed by atoms with Crippen LogP contribution >= 0.6 is 0 Å². The van der Waals surface area contributed by atoms with Crippen LogP contribution < -0.4 is 15.4 Å². The first-order valence-electron chi connectivity index (χ1n) is 9.50. The van der Waals surface area contributed by atoms with E-state index >= 15 is 0 Å². The molecule has 2 N–H and O–H groups in total. The highest BCUT2D eigenvalue weighted by atomic mass is 16.5. The number of para-hydroxylation sites is 1. The van der Waals surface area contributed by atoms with Crippen molar-refractivity contribution in [2.75, 3.05) is 31.3 Å². The number of rotatable bonds is 5. The van der Waals surface area contributed by atoms with E-state index in [-0.39, 0.29) is 0 Å². The summed E-state index contributed by atoms with van der Waals surface area (Å²) in [7, 11) is 3.97. The summed E-state index contributed by atoms with van der Waals surface area (Å²) in [4.78, 5) is 6.77. The summed E-state index contributed by atoms with van der Waals surface area (Å²) < 4.78 is 5.59. The van der Waals surface area contributed by atoms with Gasteiger partial charge in [0.1, 0.15) is 11.4 Å². The second kappa shape index (κ2) is 7.75. The van der Waals surface area contributed by atoms with Crippen LogP contribution in [0, 0.1) is 0 Å². The van der Waals surface area contributed by atoms with Crippen LogP contribution in [0.5, 0.6) is 5.75 Å². The van der Waals surface area contributed by atoms with Gasteiger partial charge in [-0.15, -0.1) is 5.11 Å². The van der Waals surface area contributed by atoms with Crippen molar-refractivity contribution < 1.29 is 4.74 Å². The summed E-state index contributed by atoms with van der Waals surface area (Å²) >= 11 is 0. The molecule has 0 unspecified atom stereocenters. The first kappa shape index (κ1) is 18.7. The Morgan fingerprint density at radius 3 is 2.55 bits per heavy atom. The average molecular weight is 385 g/mol. The molecule has 4 rings (SSSR count). The van der Waals surface area contributed by atoms with Crippen LogP contribution in [0.4, 0.5) is 22.7 Å². The molecule has 6 nitrogen and oxygen atoms in total. The van der Waals surface area contributed by atoms with Gasteiger partial charge in [-0.1, -0.05) is 12.1 Å². The number of ether oxygens (including phenoxy) is 1. The highest BCUT2D eigenvalue weighted by Crippen LogP contribution is 2.33. The minimum Gasteiger partial charge on any atom is -0.494 e. The van der Waals surface area contributed by atoms with Gasteiger partial charge in [-0.3, -0.25) is 0 Å². The number of aromatic nitrogens is 1. The van der Waals surface area contributed by atoms with Gasteiger partial charge >= 0.3 is 0 Å². The zero-order valence-corrected chi connectivity index (χ0v) is 16.8. The number of nitrogen functional groups attached to an aromatic ring is 1. The third-order valence-corrected chi connectivity index (χ3v) is 4.72. The Bertz CT molecular complexity index is 1220. The van der Waals surface area contributed by atoms with Gasteiger partial charge in [-0.05, 0) is 55.5 Å². The van der Waals surface area contributed by atoms with E-state index < -0.39 is 0 Å². The van der Waals surface area contributed by atoms with Crippen LogP contribution in [-0.2, 0) is 0 Å². The topological polar surface area (TPSA) is 76.1 Å². The average Bonchev–Trinajstić information content (AvgIpc) is 2.73. The van der Waals surface area contributed by atoms with Crippen molar-refractivity contribution in [3.63, 3.8) is 0 Å². The Morgan fingerprint density at radius 2 is 1.76 bits per heavy atom. The Hall–Kier alpha value is -3.67. The molecular weight excluding hydrogens is 362 g/mol. The van der Waals surface area contributed by atoms with Crippen LogP contribution in [0.3, 0.4) is 0 Å². The number of fused-ring (bicyclic) bond motifs is 2. The van der Waals surface area contributed by atoms with E-state index in [1.165, 1.54) is 0 Å². The van der Waals surface area contributed by atoms with Gasteiger partial charge in [0.25, 0.3) is 0 Å². The predicted octanol–water partition coefficient (Wildman–Crippen LogP) is 5.85. The Morgan fingerprint density at radius 1 is 0.931 bits per heavy atom. The van der Waals surface area contributed by atoms with Gasteiger partial charge in [0.05, 0.1) is 34.7 Å². The molecule has 0 saturated heterocycles. The number of hydrogen-bond donors (Lipinski definition) is 1. The van der Waals surface area contributed by atoms with Crippen LogP contribution in [0.25, 0.3) is 21.8 Å². The van der Waals surface area contributed by atoms with E-state index in [1.807, 2.05) is 86.6 Å². The number of benzene rings is 3. The molecule has 4 aromatic rings. The van der Waals surface area contributed by atoms with E-state index in [0.717, 1.165) is 44.6 Å². The summed E-state index contributed by atoms with van der Waals surface area (Å²) in [6, 6.07) is 19.4. The fraction of sp³-hybridized carbons (Fsp3) is 0.174. The van der Waals surface area contributed by atoms with Crippen molar-refractivity contribution in [1.82, 2.24) is 4.98 Å². The van der Waals surface area contributed by atoms with Crippen LogP contribution in [0.15, 0.2) is 70.9 Å². The molecule has 1 aromatic heterocycles. The molecule has 0 fully saturated rings. The third kappa shape index (κ3) is 3.69. The normalized spacial score (nSPS) is 11.4. The highest BCUT2D eigenvalue weighted by molar-refractivity contribution is 6.07. The standard InChI is InChI=1S/C23H23N5O/c1-4-29-16-10-12-19-18(14-16)23(24)17-11-9-15(13-21(17)25-19)26-27-20-7-5-6-8-22(20)28(2)3/h5-14H,4H2,1-3H3,(H2,24,25)/b27-26+. The van der Waals surface area contributed by atoms with Gasteiger partial charge < -0.3 is 15.4 Å². The van der Waals surface area contributed by atoms with Crippen molar-refractivity contribution in [2.24, 2.45) is 10.2 Å². The lowest BCUT2D eigenvalue weighted by molar-refractivity contribution is 0.341. The minimum atomic E-state index is 0.609. The Labute approximate surface area is 169 Å². The summed E-state index contributed by atoms with van der Waals surface area (Å²) in [5.74, 6) is 0.790. The van der Waals surface area contributed by atoms with Gasteiger partial charge in [-0.25, -0.2) is 4.98 Å². The molecule has 6 heteroatoms. The minimum absolute atomic E-state index is 0.609. The van der Waals surface area contributed by atoms with Crippen LogP contribution in [-0.4, -0.2) is 25.7 Å². The molecule has 0 amide bonds. The van der Waals surface area contributed by atoms with Gasteiger partial charge in [0.15, 0.2) is 0 Å². The quantitative estimate of drug-likeness (QED) is 0.345. The highest BCUT2D eigenvalue weighted by Gasteiger charge is 2.09. The van der Waals surface area contributed by atoms with Crippen molar-refractivity contribution in [3.05, 3.63) is 60.7 Å². The first-order chi connectivity index (χ1) is 14.1. The lowest BCUT2D eigenvalue weighted by Gasteiger charge is -2.13. The number of anilines is 2. The zero-order chi connectivity index (χ0) is 20.4. The van der Waals surface area contributed by atoms with Crippen LogP contribution in [0.2, 0.25) is 0 Å². The number of nitrogens with zero attached hydrogens (tertiary/aromatic N) is 4. The maximum atomic E-state index is 6.43. The molecule has 146 valence electrons. The molecule has 0 spiro atoms. The molecule has 29 heavy (non-hydrogen) atoms. The molecule has 0 aliphatic carbocycles. The molecule has 0 atom stereocenters. The molecule has 0 radical (unpaired) electrons. The molecule has 0 aliphatic rings. The fourth-order valence-electron chi connectivity index (χ4n) is 3.30. The lowest BCUT2D eigenvalue weighted by Crippen LogP contribution is -2.08. The van der Waals surface area contributed by atoms with E-state index in [4.69, 9.17) is 15.5 Å². The lowest BCUT2D eigenvalue weighted by atomic mass is 10.1. The SMILES string of the molecule is CCOc1ccc2nc3cc(/N=N/c4ccccc4N(C)C)ccc3c(N)c2c1. The summed E-state index contributed by atoms with van der Waals surface area (Å²) in [6.45, 7) is 2.57. The monoisotopic (exact) mass is 385 g/mol. The van der Waals surface area contributed by atoms with E-state index in [1.54, 1.807) is 0 Å². The van der Waals surface area contributed by atoms with Crippen molar-refractivity contribution >= 4 is 44.6 Å². The number of azo groups is 1. The first-order valence-corrected chi connectivity index (χ1v) is 9.50. The molecule has 0 bridgehead atoms. The summed E-state index contributed by atoms with van der Waals surface area (Å²) in [6.07, 6.45) is 0. The maximum absolute atomic E-state index is 6.43. The fourth-order valence-corrected chi connectivity index (χ4v) is 3.30. The van der Waals surface area contributed by atoms with E-state index in [9.17, 15) is 0 Å². The zero-order valence-electron chi connectivity index (χ0n) is 16.8. The number of pyridine rings is 1. The van der Waals surface area contributed by atoms with Crippen molar-refractivity contribution in [1.29, 1.82) is 0 Å². The Kier molecular flexibility index (Phi) is 4.99. The summed E-state index contributed by atoms with van der Waals surface area (Å²) in [5, 5.41) is 10.6. The second-order valence-electron chi connectivity index (χ2n) is 6.92. The van der Waals surface area contributed by atoms with E-state index in [0.29, 0.717) is 12.3 Å². The molecule has 1 heterocycles. The van der Waals surface area contributed by atoms with Crippen molar-refractivity contribution in [3.8, 4) is 5.75 Å². The molecule has 3 aromatic carbocycles. The number of hydrogen-bond acceptors (Lipinski definition) is 6. The molecule has 0 saturated carbocycles. The predicted molar refractivity (Wildman–Crippen MR) is 120 cm³/mol. The number of nitrogens with two attached hydrogens (primary N) is 1. The van der Waals surface area contributed by atoms with Crippen molar-refractivity contribution in [2.45, 2.75) is 6.92 Å². The second-order valence-corrected chi connectivity index (χ2v) is 6.92. The maximum Gasteiger partial charge on any atom is 0.120 e. The molecule has 0 aliphatic heterocycles. The summed E-state index contributed by atoms with van der Waals surface area (Å²) in [5.41, 5.74) is 11.3. The van der Waals surface area contributed by atoms with Gasteiger partial charge in [-0.2, -0.15) is 5.11 Å². The Balaban J connectivity index is 1.75.